The molecule has 0 aliphatic carbocycles. The molecule has 0 saturated carbocycles. The number of nitrogens with zero attached hydrogens (tertiary/aromatic N) is 2. The predicted molar refractivity (Wildman–Crippen MR) is 98.4 cm³/mol. The molecule has 4 N–H and O–H groups in total. The average molecular weight is 336 g/mol. The molecule has 0 bridgehead atoms. The summed E-state index contributed by atoms with van der Waals surface area (Å²) >= 11 is 0. The zero-order chi connectivity index (χ0) is 17.8. The average Bonchev–Trinajstić information content (AvgIpc) is 2.61. The van der Waals surface area contributed by atoms with E-state index in [2.05, 4.69) is 20.6 Å². The first kappa shape index (κ1) is 16.6. The molecule has 0 spiro atoms. The van der Waals surface area contributed by atoms with Crippen molar-refractivity contribution in [1.82, 2.24) is 9.97 Å². The van der Waals surface area contributed by atoms with Gasteiger partial charge in [-0.1, -0.05) is 36.4 Å². The number of nitrogens with two attached hydrogens (primary N) is 1. The normalized spacial score (nSPS) is 10.4. The summed E-state index contributed by atoms with van der Waals surface area (Å²) in [5.74, 6) is 0.746. The molecular formula is C19H19FN5+. The third kappa shape index (κ3) is 3.63. The number of hydrogen-bond acceptors (Lipinski definition) is 4. The fourth-order valence-corrected chi connectivity index (χ4v) is 2.49. The van der Waals surface area contributed by atoms with E-state index >= 15 is 0 Å². The lowest BCUT2D eigenvalue weighted by Gasteiger charge is -2.15. The van der Waals surface area contributed by atoms with Crippen molar-refractivity contribution in [2.75, 3.05) is 17.7 Å². The molecule has 0 aliphatic rings. The molecule has 3 rings (SSSR count). The van der Waals surface area contributed by atoms with Crippen molar-refractivity contribution in [2.24, 2.45) is 0 Å². The monoisotopic (exact) mass is 336 g/mol. The molecule has 0 unspecified atom stereocenters. The Labute approximate surface area is 145 Å². The van der Waals surface area contributed by atoms with Crippen LogP contribution in [0.2, 0.25) is 0 Å². The molecule has 0 aliphatic heterocycles. The Morgan fingerprint density at radius 1 is 1.04 bits per heavy atom. The Kier molecular flexibility index (Phi) is 4.70. The van der Waals surface area contributed by atoms with Crippen LogP contribution in [0.3, 0.4) is 0 Å². The van der Waals surface area contributed by atoms with Crippen LogP contribution in [0.1, 0.15) is 12.6 Å². The minimum Gasteiger partial charge on any atom is -0.383 e. The van der Waals surface area contributed by atoms with Crippen LogP contribution in [0.5, 0.6) is 0 Å². The van der Waals surface area contributed by atoms with Crippen LogP contribution < -0.4 is 16.0 Å². The van der Waals surface area contributed by atoms with Crippen molar-refractivity contribution in [3.63, 3.8) is 0 Å². The van der Waals surface area contributed by atoms with Crippen LogP contribution in [0, 0.1) is 5.82 Å². The Balaban J connectivity index is 2.14. The van der Waals surface area contributed by atoms with Gasteiger partial charge >= 0.3 is 0 Å². The van der Waals surface area contributed by atoms with E-state index < -0.39 is 0 Å². The maximum atomic E-state index is 13.5. The number of halogens is 1. The molecule has 3 aromatic rings. The second kappa shape index (κ2) is 7.09. The molecule has 2 aromatic carbocycles. The largest absolute Gasteiger partial charge is 0.383 e. The summed E-state index contributed by atoms with van der Waals surface area (Å²) < 4.78 is 13.5. The lowest BCUT2D eigenvalue weighted by atomic mass is 10.1. The molecule has 5 nitrogen and oxygen atoms in total. The highest BCUT2D eigenvalue weighted by Crippen LogP contribution is 2.29. The van der Waals surface area contributed by atoms with E-state index in [1.807, 2.05) is 30.3 Å². The van der Waals surface area contributed by atoms with Crippen LogP contribution >= 0.6 is 0 Å². The number of benzene rings is 2. The summed E-state index contributed by atoms with van der Waals surface area (Å²) in [6, 6.07) is 15.8. The zero-order valence-electron chi connectivity index (χ0n) is 14.0. The van der Waals surface area contributed by atoms with Gasteiger partial charge in [-0.05, 0) is 18.2 Å². The molecule has 1 heterocycles. The quantitative estimate of drug-likeness (QED) is 0.626. The minimum atomic E-state index is -0.324. The van der Waals surface area contributed by atoms with Crippen molar-refractivity contribution in [2.45, 2.75) is 6.92 Å². The lowest BCUT2D eigenvalue weighted by Crippen LogP contribution is -2.39. The first-order valence-corrected chi connectivity index (χ1v) is 7.85. The number of aromatic nitrogens is 2. The topological polar surface area (TPSA) is 75.4 Å². The Morgan fingerprint density at radius 2 is 1.80 bits per heavy atom. The van der Waals surface area contributed by atoms with E-state index in [0.717, 1.165) is 5.56 Å². The van der Waals surface area contributed by atoms with Crippen LogP contribution in [0.25, 0.3) is 11.4 Å². The van der Waals surface area contributed by atoms with Crippen molar-refractivity contribution < 1.29 is 9.80 Å². The van der Waals surface area contributed by atoms with Gasteiger partial charge in [0.2, 0.25) is 0 Å². The second-order valence-corrected chi connectivity index (χ2v) is 5.55. The first-order chi connectivity index (χ1) is 12.1. The maximum absolute atomic E-state index is 13.5. The third-order valence-corrected chi connectivity index (χ3v) is 3.65. The van der Waals surface area contributed by atoms with Gasteiger partial charge in [0.05, 0.1) is 0 Å². The van der Waals surface area contributed by atoms with E-state index in [-0.39, 0.29) is 5.82 Å². The van der Waals surface area contributed by atoms with Gasteiger partial charge in [-0.25, -0.2) is 14.4 Å². The zero-order valence-corrected chi connectivity index (χ0v) is 14.0. The number of anilines is 3. The predicted octanol–water partition coefficient (Wildman–Crippen LogP) is 2.64. The van der Waals surface area contributed by atoms with E-state index in [0.29, 0.717) is 34.4 Å². The van der Waals surface area contributed by atoms with Crippen molar-refractivity contribution in [3.8, 4) is 11.4 Å². The molecule has 0 amide bonds. The molecule has 1 aromatic heterocycles. The molecule has 25 heavy (non-hydrogen) atoms. The van der Waals surface area contributed by atoms with Gasteiger partial charge in [-0.15, -0.1) is 0 Å². The van der Waals surface area contributed by atoms with Gasteiger partial charge in [0.1, 0.15) is 11.5 Å². The van der Waals surface area contributed by atoms with Gasteiger partial charge in [-0.3, -0.25) is 5.41 Å². The Hall–Kier alpha value is -3.28. The van der Waals surface area contributed by atoms with Crippen LogP contribution in [-0.2, 0) is 0 Å². The number of hydrogen-bond donors (Lipinski definition) is 3. The summed E-state index contributed by atoms with van der Waals surface area (Å²) in [7, 11) is 1.77. The van der Waals surface area contributed by atoms with Crippen molar-refractivity contribution in [3.05, 3.63) is 66.1 Å². The molecule has 126 valence electrons. The highest BCUT2D eigenvalue weighted by Gasteiger charge is 2.18. The summed E-state index contributed by atoms with van der Waals surface area (Å²) in [6.07, 6.45) is 0. The summed E-state index contributed by atoms with van der Waals surface area (Å²) in [5, 5.41) is 12.2. The Morgan fingerprint density at radius 3 is 2.44 bits per heavy atom. The number of nitrogens with one attached hydrogen (secondary N) is 2. The van der Waals surface area contributed by atoms with E-state index in [9.17, 15) is 4.39 Å². The molecule has 0 radical (unpaired) electrons. The van der Waals surface area contributed by atoms with Gasteiger partial charge in [0.25, 0.3) is 0 Å². The number of rotatable bonds is 5. The fourth-order valence-electron chi connectivity index (χ4n) is 2.49. The van der Waals surface area contributed by atoms with Gasteiger partial charge in [0.15, 0.2) is 23.0 Å². The minimum absolute atomic E-state index is 0.324. The van der Waals surface area contributed by atoms with E-state index in [1.54, 1.807) is 26.1 Å². The maximum Gasteiger partial charge on any atom is 0.197 e. The highest BCUT2D eigenvalue weighted by atomic mass is 19.1. The summed E-state index contributed by atoms with van der Waals surface area (Å²) in [6.45, 7) is 1.78. The molecule has 0 fully saturated rings. The van der Waals surface area contributed by atoms with Gasteiger partial charge in [-0.2, -0.15) is 0 Å². The van der Waals surface area contributed by atoms with Crippen molar-refractivity contribution >= 4 is 22.9 Å². The fraction of sp³-hybridized carbons (Fsp3) is 0.105. The van der Waals surface area contributed by atoms with E-state index in [1.165, 1.54) is 12.1 Å². The molecular weight excluding hydrogens is 317 g/mol. The standard InChI is InChI=1S/C19H18FN5/c1-12(21)16-17(22-2)19(23-15-10-6-9-14(20)11-15)25-18(24-16)13-7-4-3-5-8-13/h3-11,21-22H,1-2H3,(H,23,24,25)/p+1. The van der Waals surface area contributed by atoms with Gasteiger partial charge in [0, 0.05) is 25.2 Å². The molecule has 0 atom stereocenters. The molecule has 6 heteroatoms. The van der Waals surface area contributed by atoms with Crippen LogP contribution in [-0.4, -0.2) is 22.7 Å². The van der Waals surface area contributed by atoms with Crippen LogP contribution in [0.4, 0.5) is 21.6 Å². The molecule has 0 saturated heterocycles. The van der Waals surface area contributed by atoms with Gasteiger partial charge < -0.3 is 10.6 Å². The first-order valence-electron chi connectivity index (χ1n) is 7.85. The SMILES string of the molecule is CNc1c(Nc2cccc(F)c2)nc(-c2ccccc2)nc1C(C)=[NH2+]. The highest BCUT2D eigenvalue weighted by molar-refractivity contribution is 6.00. The second-order valence-electron chi connectivity index (χ2n) is 5.55. The van der Waals surface area contributed by atoms with Crippen LogP contribution in [0.15, 0.2) is 54.6 Å². The van der Waals surface area contributed by atoms with Crippen molar-refractivity contribution in [1.29, 1.82) is 0 Å². The Bertz CT molecular complexity index is 909. The third-order valence-electron chi connectivity index (χ3n) is 3.65. The summed E-state index contributed by atoms with van der Waals surface area (Å²) in [5.41, 5.74) is 3.29. The summed E-state index contributed by atoms with van der Waals surface area (Å²) in [4.78, 5) is 9.19. The lowest BCUT2D eigenvalue weighted by molar-refractivity contribution is -0.113. The van der Waals surface area contributed by atoms with E-state index in [4.69, 9.17) is 5.41 Å². The smallest absolute Gasteiger partial charge is 0.197 e.